The van der Waals surface area contributed by atoms with Crippen molar-refractivity contribution in [2.24, 2.45) is 0 Å². The van der Waals surface area contributed by atoms with Crippen molar-refractivity contribution in [3.63, 3.8) is 0 Å². The molecule has 0 aliphatic rings. The molecule has 0 aliphatic carbocycles. The SMILES string of the molecule is CCCCCCC/C=C\C/C=C\C/C=C\CCCCCCCCCCCCCCCCCCC(=O)OCC(COC(=O)CCCCCCCCCC)OC(=O)CCCCCCCCCC/C=C\C/C=C\C/C=C\CCCCCCC. The number of unbranched alkanes of at least 4 members (excludes halogenated alkanes) is 41. The molecular formula is C74H132O6. The Balaban J connectivity index is 4.10. The maximum Gasteiger partial charge on any atom is 0.306 e. The molecule has 1 atom stereocenters. The molecule has 6 nitrogen and oxygen atoms in total. The third-order valence-corrected chi connectivity index (χ3v) is 15.4. The average molecular weight is 1120 g/mol. The molecule has 0 bridgehead atoms. The Morgan fingerprint density at radius 2 is 0.450 bits per heavy atom. The second kappa shape index (κ2) is 68.3. The molecule has 0 aromatic rings. The fraction of sp³-hybridized carbons (Fsp3) is 0.797. The highest BCUT2D eigenvalue weighted by Gasteiger charge is 2.19. The van der Waals surface area contributed by atoms with Crippen molar-refractivity contribution in [3.05, 3.63) is 72.9 Å². The quantitative estimate of drug-likeness (QED) is 0.0261. The van der Waals surface area contributed by atoms with Gasteiger partial charge in [-0.1, -0.05) is 318 Å². The maximum absolute atomic E-state index is 12.9. The molecule has 0 rings (SSSR count). The van der Waals surface area contributed by atoms with Gasteiger partial charge in [0.15, 0.2) is 6.10 Å². The second-order valence-corrected chi connectivity index (χ2v) is 23.4. The lowest BCUT2D eigenvalue weighted by Crippen LogP contribution is -2.30. The minimum atomic E-state index is -0.777. The number of hydrogen-bond acceptors (Lipinski definition) is 6. The zero-order chi connectivity index (χ0) is 57.8. The van der Waals surface area contributed by atoms with Crippen LogP contribution >= 0.6 is 0 Å². The standard InChI is InChI=1S/C74H132O6/c1-4-7-10-13-16-19-21-23-25-27-29-31-33-34-35-36-37-38-39-40-42-43-45-47-49-51-53-55-58-61-64-67-73(76)79-70-71(69-78-72(75)66-63-60-57-18-15-12-9-6-3)80-74(77)68-65-62-59-56-54-52-50-48-46-44-41-32-30-28-26-24-22-20-17-14-11-8-5-2/h21-24,27-30,33-34,41,44,71H,4-20,25-26,31-32,35-40,42-43,45-70H2,1-3H3/b23-21-,24-22-,29-27-,30-28-,34-33-,44-41-. The van der Waals surface area contributed by atoms with Crippen LogP contribution in [-0.4, -0.2) is 37.2 Å². The molecule has 0 amide bonds. The predicted octanol–water partition coefficient (Wildman–Crippen LogP) is 24.1. The molecule has 6 heteroatoms. The van der Waals surface area contributed by atoms with E-state index >= 15 is 0 Å². The first-order valence-corrected chi connectivity index (χ1v) is 34.9. The maximum atomic E-state index is 12.9. The lowest BCUT2D eigenvalue weighted by molar-refractivity contribution is -0.167. The number of carbonyl (C=O) groups is 3. The average Bonchev–Trinajstić information content (AvgIpc) is 3.46. The minimum absolute atomic E-state index is 0.0749. The zero-order valence-electron chi connectivity index (χ0n) is 53.3. The molecule has 0 radical (unpaired) electrons. The molecule has 1 unspecified atom stereocenters. The summed E-state index contributed by atoms with van der Waals surface area (Å²) in [7, 11) is 0. The van der Waals surface area contributed by atoms with E-state index in [1.165, 1.54) is 231 Å². The van der Waals surface area contributed by atoms with Gasteiger partial charge in [0.05, 0.1) is 0 Å². The fourth-order valence-electron chi connectivity index (χ4n) is 10.2. The lowest BCUT2D eigenvalue weighted by atomic mass is 10.0. The van der Waals surface area contributed by atoms with Crippen LogP contribution in [-0.2, 0) is 28.6 Å². The second-order valence-electron chi connectivity index (χ2n) is 23.4. The molecule has 0 spiro atoms. The summed E-state index contributed by atoms with van der Waals surface area (Å²) in [6, 6.07) is 0. The van der Waals surface area contributed by atoms with Crippen molar-refractivity contribution in [1.29, 1.82) is 0 Å². The van der Waals surface area contributed by atoms with E-state index in [-0.39, 0.29) is 31.1 Å². The van der Waals surface area contributed by atoms with Crippen LogP contribution in [0.4, 0.5) is 0 Å². The topological polar surface area (TPSA) is 78.9 Å². The Labute approximate surface area is 497 Å². The van der Waals surface area contributed by atoms with Crippen molar-refractivity contribution in [2.45, 2.75) is 367 Å². The molecule has 0 aromatic carbocycles. The van der Waals surface area contributed by atoms with Gasteiger partial charge in [-0.2, -0.15) is 0 Å². The van der Waals surface area contributed by atoms with Crippen LogP contribution in [0.15, 0.2) is 72.9 Å². The number of ether oxygens (including phenoxy) is 3. The first-order valence-electron chi connectivity index (χ1n) is 34.9. The van der Waals surface area contributed by atoms with Crippen LogP contribution in [0.5, 0.6) is 0 Å². The van der Waals surface area contributed by atoms with Crippen molar-refractivity contribution in [1.82, 2.24) is 0 Å². The Morgan fingerprint density at radius 1 is 0.250 bits per heavy atom. The van der Waals surface area contributed by atoms with Gasteiger partial charge in [0.1, 0.15) is 13.2 Å². The van der Waals surface area contributed by atoms with Crippen LogP contribution in [0, 0.1) is 0 Å². The summed E-state index contributed by atoms with van der Waals surface area (Å²) in [5, 5.41) is 0. The Morgan fingerprint density at radius 3 is 0.700 bits per heavy atom. The molecule has 0 fully saturated rings. The highest BCUT2D eigenvalue weighted by Crippen LogP contribution is 2.17. The molecule has 464 valence electrons. The van der Waals surface area contributed by atoms with E-state index in [1.54, 1.807) is 0 Å². The van der Waals surface area contributed by atoms with Crippen LogP contribution in [0.2, 0.25) is 0 Å². The van der Waals surface area contributed by atoms with Crippen molar-refractivity contribution >= 4 is 17.9 Å². The van der Waals surface area contributed by atoms with Gasteiger partial charge in [0.25, 0.3) is 0 Å². The summed E-state index contributed by atoms with van der Waals surface area (Å²) in [5.74, 6) is -0.869. The molecular weight excluding hydrogens is 985 g/mol. The molecule has 0 heterocycles. The van der Waals surface area contributed by atoms with E-state index in [2.05, 4.69) is 93.7 Å². The lowest BCUT2D eigenvalue weighted by Gasteiger charge is -2.18. The first kappa shape index (κ1) is 76.9. The summed E-state index contributed by atoms with van der Waals surface area (Å²) in [4.78, 5) is 38.2. The highest BCUT2D eigenvalue weighted by atomic mass is 16.6. The van der Waals surface area contributed by atoms with Crippen molar-refractivity contribution in [2.75, 3.05) is 13.2 Å². The molecule has 0 aliphatic heterocycles. The van der Waals surface area contributed by atoms with Gasteiger partial charge in [0.2, 0.25) is 0 Å². The van der Waals surface area contributed by atoms with Crippen molar-refractivity contribution < 1.29 is 28.6 Å². The van der Waals surface area contributed by atoms with E-state index in [1.807, 2.05) is 0 Å². The predicted molar refractivity (Wildman–Crippen MR) is 348 cm³/mol. The Hall–Kier alpha value is -3.15. The molecule has 80 heavy (non-hydrogen) atoms. The van der Waals surface area contributed by atoms with E-state index in [0.29, 0.717) is 19.3 Å². The third kappa shape index (κ3) is 65.7. The summed E-state index contributed by atoms with van der Waals surface area (Å²) >= 11 is 0. The van der Waals surface area contributed by atoms with Crippen LogP contribution in [0.1, 0.15) is 361 Å². The number of allylic oxidation sites excluding steroid dienone is 12. The van der Waals surface area contributed by atoms with Crippen LogP contribution < -0.4 is 0 Å². The molecule has 0 N–H and O–H groups in total. The number of rotatable bonds is 64. The number of hydrogen-bond donors (Lipinski definition) is 0. The van der Waals surface area contributed by atoms with Crippen LogP contribution in [0.3, 0.4) is 0 Å². The van der Waals surface area contributed by atoms with Gasteiger partial charge in [0, 0.05) is 19.3 Å². The number of carbonyl (C=O) groups excluding carboxylic acids is 3. The normalized spacial score (nSPS) is 12.5. The van der Waals surface area contributed by atoms with Crippen molar-refractivity contribution in [3.8, 4) is 0 Å². The smallest absolute Gasteiger partial charge is 0.306 e. The third-order valence-electron chi connectivity index (χ3n) is 15.4. The van der Waals surface area contributed by atoms with Gasteiger partial charge in [-0.25, -0.2) is 0 Å². The van der Waals surface area contributed by atoms with E-state index in [0.717, 1.165) is 89.9 Å². The Bertz CT molecular complexity index is 1470. The van der Waals surface area contributed by atoms with Crippen LogP contribution in [0.25, 0.3) is 0 Å². The van der Waals surface area contributed by atoms with Gasteiger partial charge in [-0.05, 0) is 96.3 Å². The van der Waals surface area contributed by atoms with Gasteiger partial charge < -0.3 is 14.2 Å². The summed E-state index contributed by atoms with van der Waals surface area (Å²) in [6.45, 7) is 6.62. The van der Waals surface area contributed by atoms with E-state index in [9.17, 15) is 14.4 Å². The zero-order valence-corrected chi connectivity index (χ0v) is 53.3. The summed E-state index contributed by atoms with van der Waals surface area (Å²) in [6.07, 6.45) is 89.5. The highest BCUT2D eigenvalue weighted by molar-refractivity contribution is 5.71. The Kier molecular flexibility index (Phi) is 65.7. The first-order chi connectivity index (χ1) is 39.5. The van der Waals surface area contributed by atoms with Gasteiger partial charge in [-0.3, -0.25) is 14.4 Å². The van der Waals surface area contributed by atoms with E-state index in [4.69, 9.17) is 14.2 Å². The fourth-order valence-corrected chi connectivity index (χ4v) is 10.2. The minimum Gasteiger partial charge on any atom is -0.462 e. The van der Waals surface area contributed by atoms with Gasteiger partial charge in [-0.15, -0.1) is 0 Å². The number of esters is 3. The summed E-state index contributed by atoms with van der Waals surface area (Å²) < 4.78 is 16.9. The largest absolute Gasteiger partial charge is 0.462 e. The monoisotopic (exact) mass is 1120 g/mol. The molecule has 0 saturated carbocycles. The van der Waals surface area contributed by atoms with E-state index < -0.39 is 6.10 Å². The molecule has 0 saturated heterocycles. The summed E-state index contributed by atoms with van der Waals surface area (Å²) in [5.41, 5.74) is 0. The van der Waals surface area contributed by atoms with Gasteiger partial charge >= 0.3 is 17.9 Å². The molecule has 0 aromatic heterocycles.